The van der Waals surface area contributed by atoms with Crippen LogP contribution >= 0.6 is 39.3 Å². The van der Waals surface area contributed by atoms with Crippen LogP contribution in [0, 0.1) is 6.92 Å². The molecule has 0 spiro atoms. The molecule has 0 aliphatic heterocycles. The van der Waals surface area contributed by atoms with Gasteiger partial charge in [0.1, 0.15) is 5.75 Å². The molecule has 0 aliphatic carbocycles. The Bertz CT molecular complexity index is 678. The average molecular weight is 390 g/mol. The highest BCUT2D eigenvalue weighted by Crippen LogP contribution is 2.28. The molecule has 0 aliphatic rings. The van der Waals surface area contributed by atoms with Crippen LogP contribution in [0.4, 0.5) is 0 Å². The number of aryl methyl sites for hydroxylation is 1. The maximum atomic E-state index is 11.3. The van der Waals surface area contributed by atoms with Crippen molar-refractivity contribution in [1.82, 2.24) is 9.97 Å². The third-order valence-electron chi connectivity index (χ3n) is 2.53. The van der Waals surface area contributed by atoms with Crippen LogP contribution in [-0.4, -0.2) is 22.3 Å². The lowest BCUT2D eigenvalue weighted by Gasteiger charge is -2.08. The topological polar surface area (TPSA) is 55.0 Å². The van der Waals surface area contributed by atoms with E-state index < -0.39 is 0 Å². The highest BCUT2D eigenvalue weighted by atomic mass is 79.9. The van der Waals surface area contributed by atoms with Crippen LogP contribution in [0.2, 0.25) is 5.02 Å². The van der Waals surface area contributed by atoms with Gasteiger partial charge in [-0.05, 0) is 47.5 Å². The number of H-pyrrole nitrogens is 1. The number of hydrogen-bond acceptors (Lipinski definition) is 4. The third kappa shape index (κ3) is 5.37. The summed E-state index contributed by atoms with van der Waals surface area (Å²) < 4.78 is 6.51. The Hall–Kier alpha value is -0.980. The number of rotatable bonds is 6. The molecule has 7 heteroatoms. The van der Waals surface area contributed by atoms with E-state index >= 15 is 0 Å². The molecule has 2 rings (SSSR count). The molecule has 1 N–H and O–H groups in total. The molecule has 0 unspecified atom stereocenters. The zero-order valence-corrected chi connectivity index (χ0v) is 14.5. The average Bonchev–Trinajstić information content (AvgIpc) is 2.39. The van der Waals surface area contributed by atoms with Crippen LogP contribution in [-0.2, 0) is 0 Å². The maximum Gasteiger partial charge on any atom is 0.251 e. The highest BCUT2D eigenvalue weighted by Gasteiger charge is 2.03. The fourth-order valence-electron chi connectivity index (χ4n) is 1.62. The van der Waals surface area contributed by atoms with Gasteiger partial charge in [-0.2, -0.15) is 0 Å². The second kappa shape index (κ2) is 7.87. The van der Waals surface area contributed by atoms with E-state index in [0.717, 1.165) is 28.1 Å². The Morgan fingerprint density at radius 1 is 1.43 bits per heavy atom. The molecule has 0 bridgehead atoms. The van der Waals surface area contributed by atoms with Crippen molar-refractivity contribution in [2.75, 3.05) is 12.4 Å². The van der Waals surface area contributed by atoms with Gasteiger partial charge in [-0.1, -0.05) is 23.4 Å². The summed E-state index contributed by atoms with van der Waals surface area (Å²) in [5.41, 5.74) is 0.605. The third-order valence-corrected chi connectivity index (χ3v) is 4.34. The van der Waals surface area contributed by atoms with Gasteiger partial charge in [0.25, 0.3) is 5.56 Å². The van der Waals surface area contributed by atoms with Gasteiger partial charge in [-0.25, -0.2) is 4.98 Å². The number of aromatic nitrogens is 2. The Morgan fingerprint density at radius 3 is 2.95 bits per heavy atom. The van der Waals surface area contributed by atoms with E-state index in [2.05, 4.69) is 25.9 Å². The number of benzene rings is 1. The molecular weight excluding hydrogens is 376 g/mol. The van der Waals surface area contributed by atoms with Crippen molar-refractivity contribution in [3.8, 4) is 5.75 Å². The van der Waals surface area contributed by atoms with Crippen LogP contribution in [0.3, 0.4) is 0 Å². The van der Waals surface area contributed by atoms with Crippen LogP contribution in [0.15, 0.2) is 38.7 Å². The van der Waals surface area contributed by atoms with Gasteiger partial charge in [-0.15, -0.1) is 0 Å². The van der Waals surface area contributed by atoms with Crippen LogP contribution < -0.4 is 10.3 Å². The first-order valence-corrected chi connectivity index (χ1v) is 8.49. The fourth-order valence-corrected chi connectivity index (χ4v) is 3.26. The van der Waals surface area contributed by atoms with E-state index in [4.69, 9.17) is 16.3 Å². The Labute approximate surface area is 140 Å². The van der Waals surface area contributed by atoms with Crippen LogP contribution in [0.5, 0.6) is 5.75 Å². The predicted molar refractivity (Wildman–Crippen MR) is 89.6 cm³/mol. The quantitative estimate of drug-likeness (QED) is 0.460. The molecular formula is C14H14BrClN2O2S. The van der Waals surface area contributed by atoms with Gasteiger partial charge in [-0.3, -0.25) is 4.79 Å². The van der Waals surface area contributed by atoms with Crippen LogP contribution in [0.1, 0.15) is 12.1 Å². The second-order valence-corrected chi connectivity index (χ2v) is 6.69. The monoisotopic (exact) mass is 388 g/mol. The summed E-state index contributed by atoms with van der Waals surface area (Å²) in [5, 5.41) is 1.31. The lowest BCUT2D eigenvalue weighted by atomic mass is 10.3. The van der Waals surface area contributed by atoms with Crippen molar-refractivity contribution in [3.05, 3.63) is 49.8 Å². The molecule has 0 atom stereocenters. The number of aromatic amines is 1. The largest absolute Gasteiger partial charge is 0.492 e. The Morgan fingerprint density at radius 2 is 2.24 bits per heavy atom. The van der Waals surface area contributed by atoms with E-state index in [9.17, 15) is 4.79 Å². The zero-order valence-electron chi connectivity index (χ0n) is 11.4. The van der Waals surface area contributed by atoms with Crippen molar-refractivity contribution >= 4 is 39.3 Å². The molecule has 1 aromatic heterocycles. The fraction of sp³-hybridized carbons (Fsp3) is 0.286. The molecule has 4 nitrogen and oxygen atoms in total. The number of nitrogens with one attached hydrogen (secondary N) is 1. The van der Waals surface area contributed by atoms with Crippen molar-refractivity contribution < 1.29 is 4.74 Å². The van der Waals surface area contributed by atoms with Gasteiger partial charge < -0.3 is 9.72 Å². The first-order chi connectivity index (χ1) is 10.0. The summed E-state index contributed by atoms with van der Waals surface area (Å²) in [6.45, 7) is 2.39. The number of halogens is 2. The summed E-state index contributed by atoms with van der Waals surface area (Å²) in [6, 6.07) is 6.90. The molecule has 0 fully saturated rings. The Balaban J connectivity index is 1.76. The van der Waals surface area contributed by atoms with Crippen molar-refractivity contribution in [2.24, 2.45) is 0 Å². The SMILES string of the molecule is Cc1cc(=O)[nH]c(SCCCOc2ccc(Cl)cc2Br)n1. The smallest absolute Gasteiger partial charge is 0.251 e. The standard InChI is InChI=1S/C14H14BrClN2O2S/c1-9-7-13(19)18-14(17-9)21-6-2-5-20-12-4-3-10(16)8-11(12)15/h3-4,7-8H,2,5-6H2,1H3,(H,17,18,19). The van der Waals surface area contributed by atoms with Gasteiger partial charge in [0.15, 0.2) is 5.16 Å². The molecule has 0 radical (unpaired) electrons. The molecule has 21 heavy (non-hydrogen) atoms. The van der Waals surface area contributed by atoms with E-state index in [1.165, 1.54) is 17.8 Å². The zero-order chi connectivity index (χ0) is 15.2. The number of ether oxygens (including phenoxy) is 1. The van der Waals surface area contributed by atoms with Gasteiger partial charge in [0.05, 0.1) is 11.1 Å². The first-order valence-electron chi connectivity index (χ1n) is 6.33. The van der Waals surface area contributed by atoms with E-state index in [0.29, 0.717) is 16.8 Å². The minimum absolute atomic E-state index is 0.119. The van der Waals surface area contributed by atoms with Crippen molar-refractivity contribution in [3.63, 3.8) is 0 Å². The second-order valence-electron chi connectivity index (χ2n) is 4.32. The van der Waals surface area contributed by atoms with Crippen molar-refractivity contribution in [2.45, 2.75) is 18.5 Å². The van der Waals surface area contributed by atoms with E-state index in [1.807, 2.05) is 6.07 Å². The number of thioether (sulfide) groups is 1. The highest BCUT2D eigenvalue weighted by molar-refractivity contribution is 9.10. The minimum atomic E-state index is -0.119. The summed E-state index contributed by atoms with van der Waals surface area (Å²) in [7, 11) is 0. The number of hydrogen-bond donors (Lipinski definition) is 1. The maximum absolute atomic E-state index is 11.3. The summed E-state index contributed by atoms with van der Waals surface area (Å²) in [4.78, 5) is 18.3. The van der Waals surface area contributed by atoms with Gasteiger partial charge in [0.2, 0.25) is 0 Å². The Kier molecular flexibility index (Phi) is 6.14. The molecule has 0 saturated heterocycles. The molecule has 112 valence electrons. The lowest BCUT2D eigenvalue weighted by Crippen LogP contribution is -2.08. The first kappa shape index (κ1) is 16.4. The minimum Gasteiger partial charge on any atom is -0.492 e. The summed E-state index contributed by atoms with van der Waals surface area (Å²) in [6.07, 6.45) is 0.845. The van der Waals surface area contributed by atoms with Crippen molar-refractivity contribution in [1.29, 1.82) is 0 Å². The molecule has 2 aromatic rings. The van der Waals surface area contributed by atoms with Crippen LogP contribution in [0.25, 0.3) is 0 Å². The van der Waals surface area contributed by atoms with Gasteiger partial charge >= 0.3 is 0 Å². The lowest BCUT2D eigenvalue weighted by molar-refractivity contribution is 0.317. The predicted octanol–water partition coefficient (Wildman–Crippen LogP) is 4.06. The molecule has 0 saturated carbocycles. The molecule has 0 amide bonds. The molecule has 1 aromatic carbocycles. The molecule has 1 heterocycles. The summed E-state index contributed by atoms with van der Waals surface area (Å²) >= 11 is 10.8. The number of nitrogens with zero attached hydrogens (tertiary/aromatic N) is 1. The van der Waals surface area contributed by atoms with E-state index in [1.54, 1.807) is 19.1 Å². The summed E-state index contributed by atoms with van der Waals surface area (Å²) in [5.74, 6) is 1.59. The van der Waals surface area contributed by atoms with E-state index in [-0.39, 0.29) is 5.56 Å². The normalized spacial score (nSPS) is 10.6. The van der Waals surface area contributed by atoms with Gasteiger partial charge in [0, 0.05) is 22.5 Å².